The van der Waals surface area contributed by atoms with E-state index in [1.54, 1.807) is 17.5 Å². The van der Waals surface area contributed by atoms with Gasteiger partial charge in [-0.15, -0.1) is 11.3 Å². The molecule has 0 spiro atoms. The summed E-state index contributed by atoms with van der Waals surface area (Å²) in [5.41, 5.74) is 4.77. The van der Waals surface area contributed by atoms with Crippen molar-refractivity contribution in [2.75, 3.05) is 11.9 Å². The van der Waals surface area contributed by atoms with Crippen LogP contribution < -0.4 is 21.5 Å². The van der Waals surface area contributed by atoms with Gasteiger partial charge in [0.25, 0.3) is 5.56 Å². The first-order valence-electron chi connectivity index (χ1n) is 14.0. The third-order valence-corrected chi connectivity index (χ3v) is 8.79. The molecule has 1 amide bonds. The summed E-state index contributed by atoms with van der Waals surface area (Å²) in [5.74, 6) is 0.209. The van der Waals surface area contributed by atoms with Crippen molar-refractivity contribution in [3.05, 3.63) is 116 Å². The minimum atomic E-state index is -0.300. The maximum Gasteiger partial charge on any atom is 0.277 e. The van der Waals surface area contributed by atoms with Gasteiger partial charge in [-0.2, -0.15) is 0 Å². The van der Waals surface area contributed by atoms with Gasteiger partial charge in [0.1, 0.15) is 29.2 Å². The SMILES string of the molecule is O=C(Cn1c(-c2ccccc2)ncc(NCc2ccc3oc4ccccc4c3c2)c1=O)NCc1cc2c(s1)CCNC2. The Kier molecular flexibility index (Phi) is 7.03. The highest BCUT2D eigenvalue weighted by atomic mass is 32.1. The van der Waals surface area contributed by atoms with Crippen LogP contribution in [0.3, 0.4) is 0 Å². The van der Waals surface area contributed by atoms with E-state index >= 15 is 0 Å². The number of nitrogens with zero attached hydrogens (tertiary/aromatic N) is 2. The molecule has 1 aliphatic rings. The predicted octanol–water partition coefficient (Wildman–Crippen LogP) is 5.45. The van der Waals surface area contributed by atoms with Gasteiger partial charge >= 0.3 is 0 Å². The van der Waals surface area contributed by atoms with Gasteiger partial charge in [0.15, 0.2) is 0 Å². The second-order valence-corrected chi connectivity index (χ2v) is 11.6. The largest absolute Gasteiger partial charge is 0.456 e. The molecule has 3 aromatic heterocycles. The van der Waals surface area contributed by atoms with E-state index in [2.05, 4.69) is 33.1 Å². The second kappa shape index (κ2) is 11.3. The number of fused-ring (bicyclic) bond motifs is 4. The standard InChI is InChI=1S/C33H29N5O3S/c39-31(36-18-24-15-23-17-34-13-12-30(23)42-24)20-38-32(22-6-2-1-3-7-22)37-19-27(33(38)40)35-16-21-10-11-29-26(14-21)25-8-4-5-9-28(25)41-29/h1-11,14-15,19,34-35H,12-13,16-18,20H2,(H,36,39). The van der Waals surface area contributed by atoms with E-state index in [-0.39, 0.29) is 18.0 Å². The summed E-state index contributed by atoms with van der Waals surface area (Å²) in [6, 6.07) is 25.6. The van der Waals surface area contributed by atoms with Crippen molar-refractivity contribution >= 4 is 44.9 Å². The van der Waals surface area contributed by atoms with E-state index < -0.39 is 0 Å². The van der Waals surface area contributed by atoms with E-state index in [0.717, 1.165) is 57.5 Å². The lowest BCUT2D eigenvalue weighted by Gasteiger charge is -2.15. The van der Waals surface area contributed by atoms with Crippen molar-refractivity contribution in [2.24, 2.45) is 0 Å². The first-order chi connectivity index (χ1) is 20.6. The van der Waals surface area contributed by atoms with Crippen LogP contribution in [0.4, 0.5) is 5.69 Å². The number of anilines is 1. The zero-order valence-corrected chi connectivity index (χ0v) is 23.7. The second-order valence-electron chi connectivity index (χ2n) is 10.4. The highest BCUT2D eigenvalue weighted by Crippen LogP contribution is 2.29. The fourth-order valence-corrected chi connectivity index (χ4v) is 6.57. The predicted molar refractivity (Wildman–Crippen MR) is 167 cm³/mol. The van der Waals surface area contributed by atoms with Crippen molar-refractivity contribution < 1.29 is 9.21 Å². The van der Waals surface area contributed by atoms with Crippen molar-refractivity contribution in [1.29, 1.82) is 0 Å². The zero-order chi connectivity index (χ0) is 28.5. The fourth-order valence-electron chi connectivity index (χ4n) is 5.44. The number of carbonyl (C=O) groups is 1. The molecule has 1 aliphatic heterocycles. The third-order valence-electron chi connectivity index (χ3n) is 7.56. The minimum Gasteiger partial charge on any atom is -0.456 e. The summed E-state index contributed by atoms with van der Waals surface area (Å²) in [5, 5.41) is 11.7. The quantitative estimate of drug-likeness (QED) is 0.223. The van der Waals surface area contributed by atoms with E-state index in [0.29, 0.717) is 24.6 Å². The van der Waals surface area contributed by atoms with Crippen LogP contribution in [-0.4, -0.2) is 22.0 Å². The van der Waals surface area contributed by atoms with Crippen LogP contribution in [0, 0.1) is 0 Å². The van der Waals surface area contributed by atoms with Crippen LogP contribution >= 0.6 is 11.3 Å². The van der Waals surface area contributed by atoms with Gasteiger partial charge in [0.05, 0.1) is 12.7 Å². The number of rotatable bonds is 8. The molecule has 0 aliphatic carbocycles. The average Bonchev–Trinajstić information content (AvgIpc) is 3.62. The Morgan fingerprint density at radius 2 is 1.81 bits per heavy atom. The molecule has 0 atom stereocenters. The van der Waals surface area contributed by atoms with Gasteiger partial charge in [0, 0.05) is 45.7 Å². The van der Waals surface area contributed by atoms with Gasteiger partial charge in [-0.25, -0.2) is 4.98 Å². The number of aromatic nitrogens is 2. The topological polar surface area (TPSA) is 101 Å². The number of furan rings is 1. The lowest BCUT2D eigenvalue weighted by molar-refractivity contribution is -0.121. The average molecular weight is 576 g/mol. The number of hydrogen-bond acceptors (Lipinski definition) is 7. The Hall–Kier alpha value is -4.73. The third kappa shape index (κ3) is 5.20. The van der Waals surface area contributed by atoms with Gasteiger partial charge in [-0.1, -0.05) is 54.6 Å². The molecule has 3 aromatic carbocycles. The van der Waals surface area contributed by atoms with Gasteiger partial charge < -0.3 is 20.4 Å². The molecule has 0 fully saturated rings. The Morgan fingerprint density at radius 1 is 0.976 bits per heavy atom. The number of para-hydroxylation sites is 1. The normalized spacial score (nSPS) is 12.9. The molecule has 210 valence electrons. The molecule has 42 heavy (non-hydrogen) atoms. The van der Waals surface area contributed by atoms with Crippen LogP contribution in [0.15, 0.2) is 94.3 Å². The van der Waals surface area contributed by atoms with Crippen molar-refractivity contribution in [2.45, 2.75) is 32.6 Å². The maximum atomic E-state index is 13.7. The Labute approximate surface area is 246 Å². The summed E-state index contributed by atoms with van der Waals surface area (Å²) in [6.45, 7) is 2.57. The van der Waals surface area contributed by atoms with Gasteiger partial charge in [-0.3, -0.25) is 14.2 Å². The molecule has 7 rings (SSSR count). The number of benzene rings is 3. The first kappa shape index (κ1) is 26.2. The van der Waals surface area contributed by atoms with Crippen LogP contribution in [0.1, 0.15) is 20.9 Å². The molecule has 3 N–H and O–H groups in total. The molecule has 0 bridgehead atoms. The summed E-state index contributed by atoms with van der Waals surface area (Å²) in [4.78, 5) is 34.0. The van der Waals surface area contributed by atoms with E-state index in [1.165, 1.54) is 15.0 Å². The number of nitrogens with one attached hydrogen (secondary N) is 3. The highest BCUT2D eigenvalue weighted by Gasteiger charge is 2.17. The molecule has 6 aromatic rings. The number of carbonyl (C=O) groups excluding carboxylic acids is 1. The summed E-state index contributed by atoms with van der Waals surface area (Å²) in [6.07, 6.45) is 2.57. The summed E-state index contributed by atoms with van der Waals surface area (Å²) >= 11 is 1.74. The Bertz CT molecular complexity index is 1950. The fraction of sp³-hybridized carbons (Fsp3) is 0.182. The zero-order valence-electron chi connectivity index (χ0n) is 22.9. The summed E-state index contributed by atoms with van der Waals surface area (Å²) in [7, 11) is 0. The summed E-state index contributed by atoms with van der Waals surface area (Å²) < 4.78 is 7.39. The van der Waals surface area contributed by atoms with Crippen LogP contribution in [0.25, 0.3) is 33.3 Å². The number of thiophene rings is 1. The molecule has 4 heterocycles. The van der Waals surface area contributed by atoms with E-state index in [1.807, 2.05) is 66.7 Å². The molecule has 8 nitrogen and oxygen atoms in total. The monoisotopic (exact) mass is 575 g/mol. The Balaban J connectivity index is 1.12. The lowest BCUT2D eigenvalue weighted by Crippen LogP contribution is -2.34. The first-order valence-corrected chi connectivity index (χ1v) is 14.8. The van der Waals surface area contributed by atoms with Crippen LogP contribution in [-0.2, 0) is 37.4 Å². The molecule has 0 unspecified atom stereocenters. The van der Waals surface area contributed by atoms with Crippen molar-refractivity contribution in [3.8, 4) is 11.4 Å². The van der Waals surface area contributed by atoms with E-state index in [9.17, 15) is 9.59 Å². The Morgan fingerprint density at radius 3 is 2.69 bits per heavy atom. The van der Waals surface area contributed by atoms with Gasteiger partial charge in [0.2, 0.25) is 5.91 Å². The molecule has 9 heteroatoms. The van der Waals surface area contributed by atoms with Crippen LogP contribution in [0.2, 0.25) is 0 Å². The number of amides is 1. The van der Waals surface area contributed by atoms with Crippen molar-refractivity contribution in [3.63, 3.8) is 0 Å². The number of hydrogen-bond donors (Lipinski definition) is 3. The molecule has 0 saturated heterocycles. The highest BCUT2D eigenvalue weighted by molar-refractivity contribution is 7.12. The maximum absolute atomic E-state index is 13.7. The minimum absolute atomic E-state index is 0.134. The smallest absolute Gasteiger partial charge is 0.277 e. The van der Waals surface area contributed by atoms with Gasteiger partial charge in [-0.05, 0) is 41.8 Å². The molecular weight excluding hydrogens is 546 g/mol. The molecular formula is C33H29N5O3S. The van der Waals surface area contributed by atoms with Crippen LogP contribution in [0.5, 0.6) is 0 Å². The lowest BCUT2D eigenvalue weighted by atomic mass is 10.1. The molecule has 0 radical (unpaired) electrons. The van der Waals surface area contributed by atoms with E-state index in [4.69, 9.17) is 4.42 Å². The molecule has 0 saturated carbocycles. The van der Waals surface area contributed by atoms with Crippen molar-refractivity contribution in [1.82, 2.24) is 20.2 Å².